The van der Waals surface area contributed by atoms with Gasteiger partial charge in [-0.25, -0.2) is 0 Å². The van der Waals surface area contributed by atoms with Crippen LogP contribution in [0.3, 0.4) is 0 Å². The van der Waals surface area contributed by atoms with Crippen LogP contribution in [0.1, 0.15) is 38.0 Å². The predicted molar refractivity (Wildman–Crippen MR) is 74.8 cm³/mol. The van der Waals surface area contributed by atoms with Gasteiger partial charge in [0.2, 0.25) is 0 Å². The minimum atomic E-state index is 0.713. The molecule has 0 aliphatic heterocycles. The van der Waals surface area contributed by atoms with Crippen molar-refractivity contribution in [1.82, 2.24) is 5.32 Å². The van der Waals surface area contributed by atoms with E-state index < -0.39 is 0 Å². The van der Waals surface area contributed by atoms with Gasteiger partial charge in [-0.05, 0) is 58.5 Å². The van der Waals surface area contributed by atoms with Crippen LogP contribution in [0.5, 0.6) is 0 Å². The Hall–Kier alpha value is 0.140. The van der Waals surface area contributed by atoms with Crippen LogP contribution in [0, 0.1) is 11.8 Å². The monoisotopic (exact) mass is 301 g/mol. The second-order valence-corrected chi connectivity index (χ2v) is 6.93. The van der Waals surface area contributed by atoms with E-state index in [0.717, 1.165) is 18.4 Å². The van der Waals surface area contributed by atoms with Gasteiger partial charge in [0.05, 0.1) is 0 Å². The molecule has 1 aromatic heterocycles. The van der Waals surface area contributed by atoms with Crippen molar-refractivity contribution in [1.29, 1.82) is 0 Å². The molecule has 0 saturated heterocycles. The molecule has 1 fully saturated rings. The first-order valence-corrected chi connectivity index (χ1v) is 7.79. The highest BCUT2D eigenvalue weighted by Gasteiger charge is 2.24. The lowest BCUT2D eigenvalue weighted by Crippen LogP contribution is -2.38. The first-order valence-electron chi connectivity index (χ1n) is 6.12. The highest BCUT2D eigenvalue weighted by Crippen LogP contribution is 2.29. The van der Waals surface area contributed by atoms with Crippen LogP contribution < -0.4 is 5.32 Å². The van der Waals surface area contributed by atoms with E-state index >= 15 is 0 Å². The summed E-state index contributed by atoms with van der Waals surface area (Å²) >= 11 is 5.42. The molecular formula is C13H20BrNS. The largest absolute Gasteiger partial charge is 0.309 e. The molecule has 0 aromatic carbocycles. The van der Waals surface area contributed by atoms with Crippen molar-refractivity contribution >= 4 is 27.3 Å². The summed E-state index contributed by atoms with van der Waals surface area (Å²) in [5, 5.41) is 5.86. The average molecular weight is 302 g/mol. The molecular weight excluding hydrogens is 282 g/mol. The number of thiophene rings is 1. The highest BCUT2D eigenvalue weighted by molar-refractivity contribution is 9.10. The molecule has 1 nitrogen and oxygen atoms in total. The zero-order valence-corrected chi connectivity index (χ0v) is 12.4. The molecule has 3 unspecified atom stereocenters. The summed E-state index contributed by atoms with van der Waals surface area (Å²) in [7, 11) is 0. The van der Waals surface area contributed by atoms with Gasteiger partial charge in [-0.3, -0.25) is 0 Å². The van der Waals surface area contributed by atoms with Crippen LogP contribution in [0.2, 0.25) is 0 Å². The minimum absolute atomic E-state index is 0.713. The van der Waals surface area contributed by atoms with Crippen LogP contribution in [-0.4, -0.2) is 6.04 Å². The van der Waals surface area contributed by atoms with Gasteiger partial charge in [0.1, 0.15) is 0 Å². The third-order valence-electron chi connectivity index (χ3n) is 3.65. The van der Waals surface area contributed by atoms with Gasteiger partial charge in [0.15, 0.2) is 0 Å². The summed E-state index contributed by atoms with van der Waals surface area (Å²) in [6, 6.07) is 2.85. The first-order chi connectivity index (χ1) is 7.66. The number of halogens is 1. The molecule has 1 heterocycles. The van der Waals surface area contributed by atoms with Gasteiger partial charge in [0.25, 0.3) is 0 Å². The van der Waals surface area contributed by atoms with Crippen molar-refractivity contribution in [3.63, 3.8) is 0 Å². The van der Waals surface area contributed by atoms with Gasteiger partial charge in [-0.1, -0.05) is 13.8 Å². The first kappa shape index (κ1) is 12.6. The maximum atomic E-state index is 3.72. The maximum Gasteiger partial charge on any atom is 0.0327 e. The Kier molecular flexibility index (Phi) is 4.45. The Morgan fingerprint density at radius 1 is 1.44 bits per heavy atom. The second-order valence-electron chi connectivity index (χ2n) is 5.07. The molecule has 0 amide bonds. The molecule has 1 saturated carbocycles. The fraction of sp³-hybridized carbons (Fsp3) is 0.692. The summed E-state index contributed by atoms with van der Waals surface area (Å²) in [4.78, 5) is 1.42. The SMILES string of the molecule is CC1CCC(NCc2sccc2Br)C(C)C1. The van der Waals surface area contributed by atoms with E-state index in [4.69, 9.17) is 0 Å². The zero-order chi connectivity index (χ0) is 11.5. The topological polar surface area (TPSA) is 12.0 Å². The molecule has 1 aliphatic rings. The van der Waals surface area contributed by atoms with E-state index in [1.54, 1.807) is 0 Å². The lowest BCUT2D eigenvalue weighted by Gasteiger charge is -2.33. The van der Waals surface area contributed by atoms with E-state index in [1.807, 2.05) is 11.3 Å². The van der Waals surface area contributed by atoms with E-state index in [9.17, 15) is 0 Å². The molecule has 1 aromatic rings. The van der Waals surface area contributed by atoms with Crippen molar-refractivity contribution in [2.45, 2.75) is 45.7 Å². The van der Waals surface area contributed by atoms with Crippen molar-refractivity contribution in [2.24, 2.45) is 11.8 Å². The molecule has 3 atom stereocenters. The smallest absolute Gasteiger partial charge is 0.0327 e. The Morgan fingerprint density at radius 2 is 2.25 bits per heavy atom. The van der Waals surface area contributed by atoms with E-state index in [-0.39, 0.29) is 0 Å². The number of nitrogens with one attached hydrogen (secondary N) is 1. The van der Waals surface area contributed by atoms with Crippen molar-refractivity contribution in [3.8, 4) is 0 Å². The molecule has 90 valence electrons. The molecule has 2 rings (SSSR count). The van der Waals surface area contributed by atoms with Crippen LogP contribution in [0.4, 0.5) is 0 Å². The molecule has 0 spiro atoms. The summed E-state index contributed by atoms with van der Waals surface area (Å²) in [5.74, 6) is 1.74. The maximum absolute atomic E-state index is 3.72. The van der Waals surface area contributed by atoms with Crippen molar-refractivity contribution < 1.29 is 0 Å². The Bertz CT molecular complexity index is 336. The van der Waals surface area contributed by atoms with Gasteiger partial charge in [0, 0.05) is 21.9 Å². The van der Waals surface area contributed by atoms with Gasteiger partial charge in [-0.15, -0.1) is 11.3 Å². The van der Waals surface area contributed by atoms with Gasteiger partial charge >= 0.3 is 0 Å². The lowest BCUT2D eigenvalue weighted by molar-refractivity contribution is 0.227. The molecule has 16 heavy (non-hydrogen) atoms. The Balaban J connectivity index is 1.84. The van der Waals surface area contributed by atoms with E-state index in [1.165, 1.54) is 28.6 Å². The van der Waals surface area contributed by atoms with E-state index in [2.05, 4.69) is 46.5 Å². The normalized spacial score (nSPS) is 30.6. The lowest BCUT2D eigenvalue weighted by atomic mass is 9.80. The third kappa shape index (κ3) is 3.08. The molecule has 0 bridgehead atoms. The van der Waals surface area contributed by atoms with Crippen LogP contribution >= 0.6 is 27.3 Å². The average Bonchev–Trinajstić information content (AvgIpc) is 2.63. The molecule has 1 N–H and O–H groups in total. The fourth-order valence-electron chi connectivity index (χ4n) is 2.64. The Labute approximate surface area is 111 Å². The summed E-state index contributed by atoms with van der Waals surface area (Å²) < 4.78 is 1.25. The molecule has 1 aliphatic carbocycles. The predicted octanol–water partition coefficient (Wildman–Crippen LogP) is 4.42. The summed E-state index contributed by atoms with van der Waals surface area (Å²) in [6.07, 6.45) is 4.10. The van der Waals surface area contributed by atoms with Crippen molar-refractivity contribution in [3.05, 3.63) is 20.8 Å². The zero-order valence-electron chi connectivity index (χ0n) is 10.0. The number of hydrogen-bond donors (Lipinski definition) is 1. The standard InChI is InChI=1S/C13H20BrNS/c1-9-3-4-12(10(2)7-9)15-8-13-11(14)5-6-16-13/h5-6,9-10,12,15H,3-4,7-8H2,1-2H3. The van der Waals surface area contributed by atoms with Crippen LogP contribution in [0.15, 0.2) is 15.9 Å². The van der Waals surface area contributed by atoms with Crippen LogP contribution in [0.25, 0.3) is 0 Å². The van der Waals surface area contributed by atoms with Gasteiger partial charge < -0.3 is 5.32 Å². The molecule has 3 heteroatoms. The third-order valence-corrected chi connectivity index (χ3v) is 5.57. The van der Waals surface area contributed by atoms with E-state index in [0.29, 0.717) is 6.04 Å². The number of hydrogen-bond acceptors (Lipinski definition) is 2. The Morgan fingerprint density at radius 3 is 2.88 bits per heavy atom. The second kappa shape index (κ2) is 5.65. The van der Waals surface area contributed by atoms with Crippen LogP contribution in [-0.2, 0) is 6.54 Å². The fourth-order valence-corrected chi connectivity index (χ4v) is 4.09. The summed E-state index contributed by atoms with van der Waals surface area (Å²) in [6.45, 7) is 5.78. The van der Waals surface area contributed by atoms with Gasteiger partial charge in [-0.2, -0.15) is 0 Å². The number of rotatable bonds is 3. The minimum Gasteiger partial charge on any atom is -0.309 e. The molecule has 0 radical (unpaired) electrons. The van der Waals surface area contributed by atoms with Crippen molar-refractivity contribution in [2.75, 3.05) is 0 Å². The summed E-state index contributed by atoms with van der Waals surface area (Å²) in [5.41, 5.74) is 0. The highest BCUT2D eigenvalue weighted by atomic mass is 79.9. The quantitative estimate of drug-likeness (QED) is 0.871.